The first-order valence-electron chi connectivity index (χ1n) is 5.30. The van der Waals surface area contributed by atoms with Crippen LogP contribution in [0.25, 0.3) is 0 Å². The molecule has 15 heavy (non-hydrogen) atoms. The molecule has 4 nitrogen and oxygen atoms in total. The molecular weight excluding hydrogens is 212 g/mol. The van der Waals surface area contributed by atoms with Crippen molar-refractivity contribution >= 4 is 9.84 Å². The van der Waals surface area contributed by atoms with Crippen LogP contribution in [0.3, 0.4) is 0 Å². The van der Waals surface area contributed by atoms with Crippen LogP contribution in [0.1, 0.15) is 19.3 Å². The van der Waals surface area contributed by atoms with Crippen LogP contribution in [0.2, 0.25) is 0 Å². The lowest BCUT2D eigenvalue weighted by molar-refractivity contribution is 0.305. The van der Waals surface area contributed by atoms with Gasteiger partial charge in [-0.1, -0.05) is 6.08 Å². The van der Waals surface area contributed by atoms with Gasteiger partial charge in [0.1, 0.15) is 9.84 Å². The van der Waals surface area contributed by atoms with Gasteiger partial charge in [-0.25, -0.2) is 8.42 Å². The summed E-state index contributed by atoms with van der Waals surface area (Å²) in [5, 5.41) is 3.36. The quantitative estimate of drug-likeness (QED) is 0.519. The molecule has 1 saturated heterocycles. The molecule has 3 N–H and O–H groups in total. The molecule has 1 aliphatic heterocycles. The minimum absolute atomic E-state index is 0.172. The molecule has 0 aromatic heterocycles. The maximum absolute atomic E-state index is 11.3. The monoisotopic (exact) mass is 232 g/mol. The standard InChI is InChI=1S/C10H20N2O2S/c1-2-3-6-12-10(9-11)4-7-15(13,14)8-5-10/h2,12H,1,3-9,11H2. The maximum atomic E-state index is 11.3. The summed E-state index contributed by atoms with van der Waals surface area (Å²) < 4.78 is 22.6. The van der Waals surface area contributed by atoms with E-state index in [4.69, 9.17) is 5.73 Å². The van der Waals surface area contributed by atoms with Crippen molar-refractivity contribution < 1.29 is 8.42 Å². The topological polar surface area (TPSA) is 72.2 Å². The highest BCUT2D eigenvalue weighted by Gasteiger charge is 2.35. The molecule has 0 atom stereocenters. The van der Waals surface area contributed by atoms with Gasteiger partial charge in [-0.2, -0.15) is 0 Å². The fraction of sp³-hybridized carbons (Fsp3) is 0.800. The van der Waals surface area contributed by atoms with Gasteiger partial charge in [0.2, 0.25) is 0 Å². The summed E-state index contributed by atoms with van der Waals surface area (Å²) >= 11 is 0. The summed E-state index contributed by atoms with van der Waals surface area (Å²) in [7, 11) is -2.81. The van der Waals surface area contributed by atoms with Crippen molar-refractivity contribution in [1.82, 2.24) is 5.32 Å². The van der Waals surface area contributed by atoms with Crippen LogP contribution in [-0.4, -0.2) is 38.6 Å². The predicted octanol–water partition coefficient (Wildman–Crippen LogP) is 0.0582. The minimum Gasteiger partial charge on any atom is -0.329 e. The molecule has 0 spiro atoms. The molecule has 1 rings (SSSR count). The van der Waals surface area contributed by atoms with E-state index >= 15 is 0 Å². The Labute approximate surface area is 91.8 Å². The average Bonchev–Trinajstić information content (AvgIpc) is 2.22. The van der Waals surface area contributed by atoms with Crippen LogP contribution in [0.15, 0.2) is 12.7 Å². The van der Waals surface area contributed by atoms with E-state index in [2.05, 4.69) is 11.9 Å². The zero-order chi connectivity index (χ0) is 11.4. The van der Waals surface area contributed by atoms with Crippen LogP contribution in [0, 0.1) is 0 Å². The third-order valence-corrected chi connectivity index (χ3v) is 4.67. The molecule has 1 heterocycles. The molecule has 0 aliphatic carbocycles. The largest absolute Gasteiger partial charge is 0.329 e. The molecular formula is C10H20N2O2S. The van der Waals surface area contributed by atoms with Crippen molar-refractivity contribution in [2.45, 2.75) is 24.8 Å². The Balaban J connectivity index is 2.52. The Morgan fingerprint density at radius 1 is 1.40 bits per heavy atom. The van der Waals surface area contributed by atoms with Crippen molar-refractivity contribution in [3.8, 4) is 0 Å². The van der Waals surface area contributed by atoms with Crippen LogP contribution < -0.4 is 11.1 Å². The van der Waals surface area contributed by atoms with Gasteiger partial charge in [0.25, 0.3) is 0 Å². The molecule has 0 aromatic carbocycles. The second-order valence-corrected chi connectivity index (χ2v) is 6.44. The normalized spacial score (nSPS) is 23.5. The number of hydrogen-bond acceptors (Lipinski definition) is 4. The fourth-order valence-corrected chi connectivity index (χ4v) is 3.43. The number of rotatable bonds is 5. The van der Waals surface area contributed by atoms with Crippen LogP contribution in [0.4, 0.5) is 0 Å². The smallest absolute Gasteiger partial charge is 0.150 e. The Bertz CT molecular complexity index is 297. The van der Waals surface area contributed by atoms with Gasteiger partial charge in [0, 0.05) is 12.1 Å². The molecule has 0 amide bonds. The first-order valence-corrected chi connectivity index (χ1v) is 7.12. The molecule has 1 fully saturated rings. The van der Waals surface area contributed by atoms with Gasteiger partial charge in [-0.3, -0.25) is 0 Å². The zero-order valence-electron chi connectivity index (χ0n) is 9.04. The van der Waals surface area contributed by atoms with Crippen molar-refractivity contribution in [1.29, 1.82) is 0 Å². The summed E-state index contributed by atoms with van der Waals surface area (Å²) in [5.74, 6) is 0.510. The van der Waals surface area contributed by atoms with E-state index in [0.717, 1.165) is 13.0 Å². The molecule has 0 unspecified atom stereocenters. The van der Waals surface area contributed by atoms with Crippen LogP contribution >= 0.6 is 0 Å². The predicted molar refractivity (Wildman–Crippen MR) is 62.5 cm³/mol. The van der Waals surface area contributed by atoms with E-state index in [1.54, 1.807) is 0 Å². The van der Waals surface area contributed by atoms with Gasteiger partial charge in [0.15, 0.2) is 0 Å². The first kappa shape index (κ1) is 12.7. The van der Waals surface area contributed by atoms with E-state index in [1.165, 1.54) is 0 Å². The average molecular weight is 232 g/mol. The Kier molecular flexibility index (Phi) is 4.31. The van der Waals surface area contributed by atoms with Gasteiger partial charge >= 0.3 is 0 Å². The molecule has 5 heteroatoms. The Morgan fingerprint density at radius 3 is 2.47 bits per heavy atom. The van der Waals surface area contributed by atoms with E-state index in [-0.39, 0.29) is 17.0 Å². The molecule has 0 radical (unpaired) electrons. The van der Waals surface area contributed by atoms with E-state index in [1.807, 2.05) is 6.08 Å². The van der Waals surface area contributed by atoms with E-state index < -0.39 is 9.84 Å². The van der Waals surface area contributed by atoms with Crippen molar-refractivity contribution in [2.24, 2.45) is 5.73 Å². The fourth-order valence-electron chi connectivity index (χ4n) is 1.82. The summed E-state index contributed by atoms with van der Waals surface area (Å²) in [5.41, 5.74) is 5.55. The third kappa shape index (κ3) is 3.59. The van der Waals surface area contributed by atoms with E-state index in [9.17, 15) is 8.42 Å². The molecule has 1 aliphatic rings. The van der Waals surface area contributed by atoms with Gasteiger partial charge in [-0.05, 0) is 25.8 Å². The first-order chi connectivity index (χ1) is 7.04. The van der Waals surface area contributed by atoms with Crippen molar-refractivity contribution in [3.63, 3.8) is 0 Å². The summed E-state index contributed by atoms with van der Waals surface area (Å²) in [6.45, 7) is 4.97. The Morgan fingerprint density at radius 2 is 2.00 bits per heavy atom. The maximum Gasteiger partial charge on any atom is 0.150 e. The number of hydrogen-bond donors (Lipinski definition) is 2. The number of sulfone groups is 1. The highest BCUT2D eigenvalue weighted by Crippen LogP contribution is 2.22. The Hall–Kier alpha value is -0.390. The van der Waals surface area contributed by atoms with Gasteiger partial charge < -0.3 is 11.1 Å². The molecule has 0 saturated carbocycles. The second-order valence-electron chi connectivity index (χ2n) is 4.14. The number of nitrogens with one attached hydrogen (secondary N) is 1. The third-order valence-electron chi connectivity index (χ3n) is 3.02. The van der Waals surface area contributed by atoms with Crippen molar-refractivity contribution in [2.75, 3.05) is 24.6 Å². The minimum atomic E-state index is -2.81. The van der Waals surface area contributed by atoms with Crippen LogP contribution in [-0.2, 0) is 9.84 Å². The second kappa shape index (κ2) is 5.09. The summed E-state index contributed by atoms with van der Waals surface area (Å²) in [6.07, 6.45) is 3.98. The van der Waals surface area contributed by atoms with E-state index in [0.29, 0.717) is 19.4 Å². The SMILES string of the molecule is C=CCCNC1(CN)CCS(=O)(=O)CC1. The highest BCUT2D eigenvalue weighted by molar-refractivity contribution is 7.91. The highest BCUT2D eigenvalue weighted by atomic mass is 32.2. The van der Waals surface area contributed by atoms with Gasteiger partial charge in [-0.15, -0.1) is 6.58 Å². The molecule has 88 valence electrons. The van der Waals surface area contributed by atoms with Crippen molar-refractivity contribution in [3.05, 3.63) is 12.7 Å². The lowest BCUT2D eigenvalue weighted by Crippen LogP contribution is -2.55. The van der Waals surface area contributed by atoms with Gasteiger partial charge in [0.05, 0.1) is 11.5 Å². The zero-order valence-corrected chi connectivity index (χ0v) is 9.85. The molecule has 0 bridgehead atoms. The lowest BCUT2D eigenvalue weighted by atomic mass is 9.92. The van der Waals surface area contributed by atoms with Crippen LogP contribution in [0.5, 0.6) is 0 Å². The molecule has 0 aromatic rings. The summed E-state index contributed by atoms with van der Waals surface area (Å²) in [4.78, 5) is 0. The summed E-state index contributed by atoms with van der Waals surface area (Å²) in [6, 6.07) is 0. The number of nitrogens with two attached hydrogens (primary N) is 1. The lowest BCUT2D eigenvalue weighted by Gasteiger charge is -2.37.